The Hall–Kier alpha value is -1.00. The molecule has 4 heteroatoms. The van der Waals surface area contributed by atoms with Gasteiger partial charge in [-0.15, -0.1) is 0 Å². The molecule has 4 nitrogen and oxygen atoms in total. The van der Waals surface area contributed by atoms with Crippen molar-refractivity contribution in [2.75, 3.05) is 6.61 Å². The molecule has 2 N–H and O–H groups in total. The highest BCUT2D eigenvalue weighted by molar-refractivity contribution is 6.06. The van der Waals surface area contributed by atoms with Gasteiger partial charge in [-0.25, -0.2) is 0 Å². The summed E-state index contributed by atoms with van der Waals surface area (Å²) in [6.45, 7) is -0.269. The number of aliphatic hydroxyl groups is 2. The standard InChI is InChI=1S/C6H7NO3/c8-3-4-1-5(9)6(10)2-7-4/h1-2,6,8,10H,3H2/t6-/m0/s1. The van der Waals surface area contributed by atoms with Gasteiger partial charge in [-0.3, -0.25) is 9.79 Å². The van der Waals surface area contributed by atoms with Crippen molar-refractivity contribution in [2.24, 2.45) is 4.99 Å². The molecule has 0 aromatic heterocycles. The van der Waals surface area contributed by atoms with Gasteiger partial charge in [0.05, 0.1) is 12.3 Å². The van der Waals surface area contributed by atoms with E-state index in [1.165, 1.54) is 0 Å². The van der Waals surface area contributed by atoms with E-state index in [2.05, 4.69) is 4.99 Å². The lowest BCUT2D eigenvalue weighted by Gasteiger charge is -2.06. The highest BCUT2D eigenvalue weighted by atomic mass is 16.3. The summed E-state index contributed by atoms with van der Waals surface area (Å²) in [6, 6.07) is 0. The Bertz CT molecular complexity index is 207. The highest BCUT2D eigenvalue weighted by Crippen LogP contribution is 2.02. The smallest absolute Gasteiger partial charge is 0.191 e. The van der Waals surface area contributed by atoms with Gasteiger partial charge < -0.3 is 10.2 Å². The van der Waals surface area contributed by atoms with E-state index in [1.54, 1.807) is 0 Å². The summed E-state index contributed by atoms with van der Waals surface area (Å²) in [4.78, 5) is 14.2. The molecule has 0 bridgehead atoms. The lowest BCUT2D eigenvalue weighted by molar-refractivity contribution is -0.119. The van der Waals surface area contributed by atoms with Crippen molar-refractivity contribution in [3.8, 4) is 0 Å². The molecule has 0 fully saturated rings. The predicted molar refractivity (Wildman–Crippen MR) is 34.7 cm³/mol. The Morgan fingerprint density at radius 1 is 1.70 bits per heavy atom. The molecule has 0 aromatic carbocycles. The van der Waals surface area contributed by atoms with Crippen molar-refractivity contribution in [1.29, 1.82) is 0 Å². The molecule has 0 saturated heterocycles. The van der Waals surface area contributed by atoms with Crippen LogP contribution in [-0.4, -0.2) is 34.9 Å². The Morgan fingerprint density at radius 2 is 2.40 bits per heavy atom. The van der Waals surface area contributed by atoms with Crippen LogP contribution >= 0.6 is 0 Å². The largest absolute Gasteiger partial charge is 0.390 e. The Labute approximate surface area is 57.5 Å². The SMILES string of the molecule is O=C1C=C(CO)N=C[C@@H]1O. The second-order valence-electron chi connectivity index (χ2n) is 1.92. The lowest BCUT2D eigenvalue weighted by Crippen LogP contribution is -2.23. The van der Waals surface area contributed by atoms with Crippen LogP contribution in [-0.2, 0) is 4.79 Å². The third-order valence-electron chi connectivity index (χ3n) is 1.14. The van der Waals surface area contributed by atoms with Gasteiger partial charge in [0.2, 0.25) is 0 Å². The normalized spacial score (nSPS) is 24.8. The number of carbonyl (C=O) groups is 1. The third kappa shape index (κ3) is 1.29. The van der Waals surface area contributed by atoms with Gasteiger partial charge in [0, 0.05) is 12.3 Å². The number of aliphatic hydroxyl groups excluding tert-OH is 2. The van der Waals surface area contributed by atoms with Crippen molar-refractivity contribution in [1.82, 2.24) is 0 Å². The molecule has 1 rings (SSSR count). The van der Waals surface area contributed by atoms with E-state index in [9.17, 15) is 4.79 Å². The van der Waals surface area contributed by atoms with Crippen LogP contribution in [0.15, 0.2) is 16.8 Å². The molecule has 0 aromatic rings. The number of aliphatic imine (C=N–C) groups is 1. The summed E-state index contributed by atoms with van der Waals surface area (Å²) >= 11 is 0. The van der Waals surface area contributed by atoms with Crippen LogP contribution in [0.5, 0.6) is 0 Å². The highest BCUT2D eigenvalue weighted by Gasteiger charge is 2.14. The fourth-order valence-electron chi connectivity index (χ4n) is 0.613. The number of ketones is 1. The first kappa shape index (κ1) is 7.11. The second-order valence-corrected chi connectivity index (χ2v) is 1.92. The summed E-state index contributed by atoms with van der Waals surface area (Å²) in [5.41, 5.74) is 0.287. The van der Waals surface area contributed by atoms with Gasteiger partial charge in [-0.05, 0) is 0 Å². The fraction of sp³-hybridized carbons (Fsp3) is 0.333. The van der Waals surface area contributed by atoms with Crippen LogP contribution in [0.1, 0.15) is 0 Å². The molecule has 0 amide bonds. The molecule has 10 heavy (non-hydrogen) atoms. The molecule has 0 spiro atoms. The molecule has 1 atom stereocenters. The quantitative estimate of drug-likeness (QED) is 0.485. The van der Waals surface area contributed by atoms with Crippen molar-refractivity contribution in [3.63, 3.8) is 0 Å². The van der Waals surface area contributed by atoms with Gasteiger partial charge in [-0.2, -0.15) is 0 Å². The molecular formula is C6H7NO3. The number of hydrogen-bond acceptors (Lipinski definition) is 4. The van der Waals surface area contributed by atoms with Crippen LogP contribution in [0, 0.1) is 0 Å². The molecule has 0 unspecified atom stereocenters. The maximum atomic E-state index is 10.6. The van der Waals surface area contributed by atoms with E-state index in [0.29, 0.717) is 0 Å². The number of hydrogen-bond donors (Lipinski definition) is 2. The minimum absolute atomic E-state index is 0.269. The molecule has 0 aliphatic carbocycles. The minimum atomic E-state index is -1.13. The molecule has 1 heterocycles. The first-order valence-corrected chi connectivity index (χ1v) is 2.81. The van der Waals surface area contributed by atoms with Crippen LogP contribution in [0.2, 0.25) is 0 Å². The second kappa shape index (κ2) is 2.72. The molecule has 1 aliphatic heterocycles. The van der Waals surface area contributed by atoms with Gasteiger partial charge in [0.1, 0.15) is 0 Å². The average Bonchev–Trinajstić information content (AvgIpc) is 1.95. The zero-order valence-electron chi connectivity index (χ0n) is 5.19. The summed E-state index contributed by atoms with van der Waals surface area (Å²) in [5.74, 6) is -0.431. The molecule has 0 radical (unpaired) electrons. The maximum absolute atomic E-state index is 10.6. The summed E-state index contributed by atoms with van der Waals surface area (Å²) < 4.78 is 0. The van der Waals surface area contributed by atoms with E-state index >= 15 is 0 Å². The Kier molecular flexibility index (Phi) is 1.94. The fourth-order valence-corrected chi connectivity index (χ4v) is 0.613. The number of rotatable bonds is 1. The topological polar surface area (TPSA) is 69.9 Å². The molecule has 54 valence electrons. The Morgan fingerprint density at radius 3 is 2.90 bits per heavy atom. The van der Waals surface area contributed by atoms with Gasteiger partial charge in [0.15, 0.2) is 11.9 Å². The van der Waals surface area contributed by atoms with Crippen LogP contribution in [0.25, 0.3) is 0 Å². The maximum Gasteiger partial charge on any atom is 0.191 e. The van der Waals surface area contributed by atoms with Gasteiger partial charge in [0.25, 0.3) is 0 Å². The molecule has 0 saturated carbocycles. The van der Waals surface area contributed by atoms with E-state index < -0.39 is 11.9 Å². The van der Waals surface area contributed by atoms with Crippen molar-refractivity contribution < 1.29 is 15.0 Å². The van der Waals surface area contributed by atoms with Crippen LogP contribution < -0.4 is 0 Å². The van der Waals surface area contributed by atoms with E-state index in [-0.39, 0.29) is 12.3 Å². The minimum Gasteiger partial charge on any atom is -0.390 e. The molecule has 1 aliphatic rings. The monoisotopic (exact) mass is 141 g/mol. The van der Waals surface area contributed by atoms with Crippen LogP contribution in [0.3, 0.4) is 0 Å². The van der Waals surface area contributed by atoms with Crippen molar-refractivity contribution in [2.45, 2.75) is 6.10 Å². The Balaban J connectivity index is 2.76. The van der Waals surface area contributed by atoms with E-state index in [0.717, 1.165) is 12.3 Å². The zero-order chi connectivity index (χ0) is 7.56. The van der Waals surface area contributed by atoms with Crippen molar-refractivity contribution >= 4 is 12.0 Å². The first-order chi connectivity index (χ1) is 4.74. The van der Waals surface area contributed by atoms with Gasteiger partial charge >= 0.3 is 0 Å². The number of nitrogens with zero attached hydrogens (tertiary/aromatic N) is 1. The van der Waals surface area contributed by atoms with Crippen molar-refractivity contribution in [3.05, 3.63) is 11.8 Å². The molecular weight excluding hydrogens is 134 g/mol. The first-order valence-electron chi connectivity index (χ1n) is 2.81. The number of carbonyl (C=O) groups excluding carboxylic acids is 1. The van der Waals surface area contributed by atoms with Crippen LogP contribution in [0.4, 0.5) is 0 Å². The van der Waals surface area contributed by atoms with E-state index in [4.69, 9.17) is 10.2 Å². The summed E-state index contributed by atoms with van der Waals surface area (Å²) in [5, 5.41) is 17.2. The van der Waals surface area contributed by atoms with Gasteiger partial charge in [-0.1, -0.05) is 0 Å². The summed E-state index contributed by atoms with van der Waals surface area (Å²) in [6.07, 6.45) is 1.11. The third-order valence-corrected chi connectivity index (χ3v) is 1.14. The average molecular weight is 141 g/mol. The zero-order valence-corrected chi connectivity index (χ0v) is 5.19. The van der Waals surface area contributed by atoms with E-state index in [1.807, 2.05) is 0 Å². The summed E-state index contributed by atoms with van der Waals surface area (Å²) in [7, 11) is 0. The lowest BCUT2D eigenvalue weighted by atomic mass is 10.2. The predicted octanol–water partition coefficient (Wildman–Crippen LogP) is -1.12.